The molecule has 19 heteroatoms. The third-order valence-electron chi connectivity index (χ3n) is 17.0. The maximum Gasteiger partial charge on any atom is 0.258 e. The van der Waals surface area contributed by atoms with Crippen LogP contribution in [0.5, 0.6) is 0 Å². The van der Waals surface area contributed by atoms with E-state index >= 15 is 0 Å². The summed E-state index contributed by atoms with van der Waals surface area (Å²) >= 11 is 1.47. The first-order valence-corrected chi connectivity index (χ1v) is 31.6. The molecule has 10 rings (SSSR count). The Bertz CT molecular complexity index is 3780. The molecule has 460 valence electrons. The summed E-state index contributed by atoms with van der Waals surface area (Å²) in [5, 5.41) is 43.1. The molecule has 2 saturated carbocycles. The number of fused-ring (bicyclic) bond motifs is 1. The number of aliphatic hydroxyl groups is 2. The molecule has 4 aromatic carbocycles. The fourth-order valence-corrected chi connectivity index (χ4v) is 12.8. The molecule has 4 atom stereocenters. The van der Waals surface area contributed by atoms with Gasteiger partial charge in [0.15, 0.2) is 5.67 Å². The topological polar surface area (TPSA) is 237 Å². The monoisotopic (exact) mass is 1210 g/mol. The SMILES string of the molecule is Cc1ncsc1-c1cccc([C@H](CC(=O)NCCCC(=O)NCCCCC#Cc2cccc(Cn3c(-c4ccccc4)c(-c4ccccc4)c4c(=N)n(C5CCC(O)CC5)cnc43)c2)NC(=O)[C@@H]2C[C@@H](O)CN2C(=O)C(NC(=O)C2(F)CC2)C(C)(C)C)c1. The summed E-state index contributed by atoms with van der Waals surface area (Å²) in [6.45, 7) is 8.13. The van der Waals surface area contributed by atoms with Gasteiger partial charge in [0.25, 0.3) is 5.91 Å². The first kappa shape index (κ1) is 62.7. The van der Waals surface area contributed by atoms with Gasteiger partial charge >= 0.3 is 0 Å². The summed E-state index contributed by atoms with van der Waals surface area (Å²) in [5.74, 6) is 4.08. The van der Waals surface area contributed by atoms with Crippen molar-refractivity contribution < 1.29 is 38.6 Å². The van der Waals surface area contributed by atoms with Gasteiger partial charge in [0.1, 0.15) is 23.2 Å². The third kappa shape index (κ3) is 15.0. The van der Waals surface area contributed by atoms with Crippen LogP contribution in [-0.2, 0) is 30.5 Å². The maximum absolute atomic E-state index is 14.8. The van der Waals surface area contributed by atoms with Crippen molar-refractivity contribution in [2.24, 2.45) is 5.41 Å². The Morgan fingerprint density at radius 1 is 0.807 bits per heavy atom. The minimum Gasteiger partial charge on any atom is -0.393 e. The number of rotatable bonds is 22. The number of halogens is 1. The summed E-state index contributed by atoms with van der Waals surface area (Å²) in [4.78, 5) is 79.6. The zero-order valence-corrected chi connectivity index (χ0v) is 51.3. The van der Waals surface area contributed by atoms with Crippen molar-refractivity contribution in [3.8, 4) is 44.7 Å². The standard InChI is InChI=1S/C69H79FN10O7S/c1-44-61(88-43-75-44)50-26-16-25-49(37-50)54(76-65(85)55-38-53(82)41-78(55)66(86)62(68(2,3)4)77-67(87)69(70)32-33-69)39-57(84)73-35-17-27-56(83)72-34-14-6-5-9-18-45-19-15-20-46(36-45)40-79-60(48-23-12-8-13-24-48)58(47-21-10-7-11-22-47)59-63(71)80(42-74-64(59)79)51-28-30-52(81)31-29-51/h7-8,10-13,15-16,19-26,36-37,42-43,51-55,62,71,81-82H,5-6,14,17,27-35,38-41H2,1-4H3,(H,72,83)(H,73,84)(H,76,85)(H,77,87)/t51?,52?,53-,54+,55+,62?/m1/s1. The van der Waals surface area contributed by atoms with Gasteiger partial charge < -0.3 is 45.5 Å². The number of alkyl halides is 1. The fourth-order valence-electron chi connectivity index (χ4n) is 12.0. The van der Waals surface area contributed by atoms with Crippen LogP contribution in [0.2, 0.25) is 0 Å². The summed E-state index contributed by atoms with van der Waals surface area (Å²) in [6, 6.07) is 33.1. The Balaban J connectivity index is 0.721. The third-order valence-corrected chi connectivity index (χ3v) is 18.0. The van der Waals surface area contributed by atoms with Gasteiger partial charge in [0, 0.05) is 62.6 Å². The van der Waals surface area contributed by atoms with Crippen molar-refractivity contribution in [3.63, 3.8) is 0 Å². The van der Waals surface area contributed by atoms with Crippen LogP contribution >= 0.6 is 11.3 Å². The molecule has 0 spiro atoms. The van der Waals surface area contributed by atoms with Gasteiger partial charge in [-0.2, -0.15) is 0 Å². The second-order valence-corrected chi connectivity index (χ2v) is 25.6. The van der Waals surface area contributed by atoms with Crippen LogP contribution in [0.1, 0.15) is 139 Å². The Labute approximate surface area is 517 Å². The van der Waals surface area contributed by atoms with Gasteiger partial charge in [-0.25, -0.2) is 14.4 Å². The number of carbonyl (C=O) groups excluding carboxylic acids is 5. The van der Waals surface area contributed by atoms with E-state index in [-0.39, 0.29) is 69.2 Å². The second-order valence-electron chi connectivity index (χ2n) is 24.8. The highest BCUT2D eigenvalue weighted by Crippen LogP contribution is 2.42. The summed E-state index contributed by atoms with van der Waals surface area (Å²) in [6.07, 6.45) is 6.05. The van der Waals surface area contributed by atoms with Crippen LogP contribution < -0.4 is 26.8 Å². The average molecular weight is 1210 g/mol. The highest BCUT2D eigenvalue weighted by atomic mass is 32.1. The number of hydrogen-bond acceptors (Lipinski definition) is 11. The summed E-state index contributed by atoms with van der Waals surface area (Å²) in [7, 11) is 0. The quantitative estimate of drug-likeness (QED) is 0.0253. The molecule has 3 aromatic heterocycles. The van der Waals surface area contributed by atoms with Gasteiger partial charge in [0.2, 0.25) is 23.6 Å². The van der Waals surface area contributed by atoms with E-state index in [1.807, 2.05) is 84.5 Å². The number of carbonyl (C=O) groups is 5. The van der Waals surface area contributed by atoms with Crippen molar-refractivity contribution in [2.75, 3.05) is 19.6 Å². The number of thiazole rings is 1. The van der Waals surface area contributed by atoms with Crippen LogP contribution in [0.15, 0.2) is 121 Å². The van der Waals surface area contributed by atoms with E-state index < -0.39 is 53.0 Å². The zero-order chi connectivity index (χ0) is 62.1. The van der Waals surface area contributed by atoms with E-state index in [1.165, 1.54) is 16.2 Å². The lowest BCUT2D eigenvalue weighted by molar-refractivity contribution is -0.145. The van der Waals surface area contributed by atoms with E-state index in [1.54, 1.807) is 32.3 Å². The molecule has 5 amide bonds. The Kier molecular flexibility index (Phi) is 19.8. The highest BCUT2D eigenvalue weighted by molar-refractivity contribution is 7.13. The number of amides is 5. The molecule has 0 radical (unpaired) electrons. The Morgan fingerprint density at radius 3 is 2.20 bits per heavy atom. The number of likely N-dealkylation sites (tertiary alicyclic amines) is 1. The number of nitrogens with one attached hydrogen (secondary N) is 5. The van der Waals surface area contributed by atoms with Crippen molar-refractivity contribution in [1.29, 1.82) is 5.41 Å². The van der Waals surface area contributed by atoms with Gasteiger partial charge in [-0.1, -0.05) is 124 Å². The molecule has 0 bridgehead atoms. The van der Waals surface area contributed by atoms with Gasteiger partial charge in [-0.15, -0.1) is 11.3 Å². The number of hydrogen-bond donors (Lipinski definition) is 7. The molecule has 3 fully saturated rings. The first-order chi connectivity index (χ1) is 42.3. The van der Waals surface area contributed by atoms with E-state index in [2.05, 4.69) is 79.1 Å². The minimum absolute atomic E-state index is 0.0683. The molecule has 3 aliphatic rings. The molecule has 4 heterocycles. The van der Waals surface area contributed by atoms with Crippen LogP contribution in [-0.4, -0.2) is 113 Å². The predicted molar refractivity (Wildman–Crippen MR) is 338 cm³/mol. The van der Waals surface area contributed by atoms with E-state index in [4.69, 9.17) is 4.98 Å². The average Bonchev–Trinajstić information content (AvgIpc) is 1.63. The lowest BCUT2D eigenvalue weighted by Crippen LogP contribution is -2.59. The van der Waals surface area contributed by atoms with Crippen molar-refractivity contribution in [3.05, 3.63) is 149 Å². The number of benzene rings is 4. The number of aryl methyl sites for hydroxylation is 1. The van der Waals surface area contributed by atoms with Crippen LogP contribution in [0.4, 0.5) is 4.39 Å². The molecule has 17 nitrogen and oxygen atoms in total. The Hall–Kier alpha value is -8.31. The molecule has 1 unspecified atom stereocenters. The number of aromatic nitrogens is 4. The molecule has 7 aromatic rings. The van der Waals surface area contributed by atoms with Gasteiger partial charge in [0.05, 0.1) is 58.2 Å². The van der Waals surface area contributed by atoms with Gasteiger partial charge in [-0.3, -0.25) is 29.4 Å². The zero-order valence-electron chi connectivity index (χ0n) is 50.5. The molecular formula is C69H79FN10O7S. The van der Waals surface area contributed by atoms with Crippen LogP contribution in [0.25, 0.3) is 43.9 Å². The Morgan fingerprint density at radius 2 is 1.50 bits per heavy atom. The predicted octanol–water partition coefficient (Wildman–Crippen LogP) is 9.38. The number of nitrogens with zero attached hydrogens (tertiary/aromatic N) is 5. The number of β-amino-alcohol motifs (C(OH)–C–C–N with tert-alkyl or cyclic N) is 1. The van der Waals surface area contributed by atoms with Crippen molar-refractivity contribution in [1.82, 2.24) is 45.3 Å². The van der Waals surface area contributed by atoms with Gasteiger partial charge in [-0.05, 0) is 116 Å². The van der Waals surface area contributed by atoms with E-state index in [0.717, 1.165) is 86.4 Å². The largest absolute Gasteiger partial charge is 0.393 e. The lowest BCUT2D eigenvalue weighted by Gasteiger charge is -2.36. The van der Waals surface area contributed by atoms with Crippen LogP contribution in [0, 0.1) is 29.6 Å². The highest BCUT2D eigenvalue weighted by Gasteiger charge is 2.53. The second kappa shape index (κ2) is 27.8. The molecule has 2 aliphatic carbocycles. The maximum atomic E-state index is 14.8. The smallest absolute Gasteiger partial charge is 0.258 e. The minimum atomic E-state index is -2.02. The van der Waals surface area contributed by atoms with E-state index in [0.29, 0.717) is 49.8 Å². The number of unbranched alkanes of at least 4 members (excludes halogenated alkanes) is 2. The fraction of sp³-hybridized carbons (Fsp3) is 0.420. The van der Waals surface area contributed by atoms with Crippen molar-refractivity contribution >= 4 is 51.9 Å². The summed E-state index contributed by atoms with van der Waals surface area (Å²) < 4.78 is 19.0. The molecule has 1 saturated heterocycles. The molecular weight excluding hydrogens is 1130 g/mol. The van der Waals surface area contributed by atoms with E-state index in [9.17, 15) is 44.0 Å². The van der Waals surface area contributed by atoms with Crippen LogP contribution in [0.3, 0.4) is 0 Å². The molecule has 1 aliphatic heterocycles. The summed E-state index contributed by atoms with van der Waals surface area (Å²) in [5.41, 5.74) is 8.21. The lowest BCUT2D eigenvalue weighted by atomic mass is 9.85. The van der Waals surface area contributed by atoms with Crippen molar-refractivity contribution in [2.45, 2.75) is 160 Å². The molecule has 88 heavy (non-hydrogen) atoms. The molecule has 7 N–H and O–H groups in total. The normalized spacial score (nSPS) is 18.6. The number of aliphatic hydroxyl groups excluding tert-OH is 2. The first-order valence-electron chi connectivity index (χ1n) is 30.7.